The summed E-state index contributed by atoms with van der Waals surface area (Å²) in [6.45, 7) is 18.0. The number of hydrogen-bond donors (Lipinski definition) is 4. The standard InChI is InChI=1S/C33H44O7/c1-11-14-30(7,8)20-13-12-19-16(4)31(9)18(6)32(10)23(15(2)3)26(36)21(17(5)34)28(38)33(32,40)29(39)24(31)27(37)22(19)25(20)35/h12-13,15-16,18,23,35,37-38,40H,11,14H2,1-10H3/t16-,18-,23?,31-,32-,33+/m1/s1. The van der Waals surface area contributed by atoms with Crippen LogP contribution in [0.15, 0.2) is 29.0 Å². The second-order valence-corrected chi connectivity index (χ2v) is 13.7. The van der Waals surface area contributed by atoms with E-state index >= 15 is 0 Å². The monoisotopic (exact) mass is 552 g/mol. The fourth-order valence-electron chi connectivity index (χ4n) is 8.67. The lowest BCUT2D eigenvalue weighted by molar-refractivity contribution is -0.195. The van der Waals surface area contributed by atoms with Gasteiger partial charge in [0.05, 0.1) is 5.56 Å². The van der Waals surface area contributed by atoms with Crippen LogP contribution in [-0.2, 0) is 19.8 Å². The third-order valence-corrected chi connectivity index (χ3v) is 11.1. The first kappa shape index (κ1) is 30.0. The summed E-state index contributed by atoms with van der Waals surface area (Å²) < 4.78 is 0. The molecule has 0 spiro atoms. The summed E-state index contributed by atoms with van der Waals surface area (Å²) in [5, 5.41) is 47.2. The molecule has 1 unspecified atom stereocenters. The van der Waals surface area contributed by atoms with Gasteiger partial charge in [-0.05, 0) is 42.1 Å². The molecule has 1 saturated carbocycles. The van der Waals surface area contributed by atoms with E-state index in [1.54, 1.807) is 20.8 Å². The molecule has 0 heterocycles. The van der Waals surface area contributed by atoms with Gasteiger partial charge in [-0.25, -0.2) is 0 Å². The molecule has 0 saturated heterocycles. The molecule has 1 fully saturated rings. The van der Waals surface area contributed by atoms with E-state index < -0.39 is 74.0 Å². The van der Waals surface area contributed by atoms with Crippen molar-refractivity contribution >= 4 is 23.1 Å². The Balaban J connectivity index is 2.14. The van der Waals surface area contributed by atoms with Crippen molar-refractivity contribution in [3.63, 3.8) is 0 Å². The number of allylic oxidation sites excluding steroid dienone is 1. The van der Waals surface area contributed by atoms with Gasteiger partial charge in [0.1, 0.15) is 22.8 Å². The Hall–Kier alpha value is -2.93. The Kier molecular flexibility index (Phi) is 6.79. The zero-order chi connectivity index (χ0) is 30.5. The molecule has 0 aromatic heterocycles. The fraction of sp³-hybridized carbons (Fsp3) is 0.606. The van der Waals surface area contributed by atoms with E-state index in [1.165, 1.54) is 0 Å². The van der Waals surface area contributed by atoms with Crippen LogP contribution in [0.3, 0.4) is 0 Å². The Morgan fingerprint density at radius 2 is 1.65 bits per heavy atom. The zero-order valence-electron chi connectivity index (χ0n) is 25.4. The number of aromatic hydroxyl groups is 1. The number of ketones is 3. The van der Waals surface area contributed by atoms with E-state index in [9.17, 15) is 34.8 Å². The molecule has 3 aliphatic carbocycles. The lowest BCUT2D eigenvalue weighted by Crippen LogP contribution is -2.72. The highest BCUT2D eigenvalue weighted by molar-refractivity contribution is 6.24. The smallest absolute Gasteiger partial charge is 0.203 e. The molecular weight excluding hydrogens is 508 g/mol. The molecular formula is C33H44O7. The highest BCUT2D eigenvalue weighted by atomic mass is 16.3. The minimum absolute atomic E-state index is 0.105. The van der Waals surface area contributed by atoms with Gasteiger partial charge in [-0.2, -0.15) is 0 Å². The maximum absolute atomic E-state index is 14.6. The van der Waals surface area contributed by atoms with E-state index in [4.69, 9.17) is 0 Å². The van der Waals surface area contributed by atoms with Gasteiger partial charge in [0.2, 0.25) is 5.78 Å². The molecule has 7 nitrogen and oxygen atoms in total. The Morgan fingerprint density at radius 3 is 2.15 bits per heavy atom. The van der Waals surface area contributed by atoms with E-state index in [0.717, 1.165) is 19.8 Å². The van der Waals surface area contributed by atoms with Gasteiger partial charge in [0.15, 0.2) is 17.2 Å². The highest BCUT2D eigenvalue weighted by Gasteiger charge is 2.75. The van der Waals surface area contributed by atoms with Crippen molar-refractivity contribution in [3.05, 3.63) is 45.7 Å². The average Bonchev–Trinajstić information content (AvgIpc) is 2.83. The summed E-state index contributed by atoms with van der Waals surface area (Å²) in [4.78, 5) is 41.0. The van der Waals surface area contributed by atoms with Crippen LogP contribution in [0.4, 0.5) is 0 Å². The molecule has 1 aromatic carbocycles. The van der Waals surface area contributed by atoms with Crippen molar-refractivity contribution in [2.24, 2.45) is 28.6 Å². The van der Waals surface area contributed by atoms with E-state index in [2.05, 4.69) is 6.92 Å². The van der Waals surface area contributed by atoms with Crippen molar-refractivity contribution in [1.82, 2.24) is 0 Å². The van der Waals surface area contributed by atoms with Crippen LogP contribution in [0.1, 0.15) is 105 Å². The Labute approximate surface area is 237 Å². The van der Waals surface area contributed by atoms with Gasteiger partial charge < -0.3 is 20.4 Å². The lowest BCUT2D eigenvalue weighted by Gasteiger charge is -2.64. The number of fused-ring (bicyclic) bond motifs is 3. The minimum atomic E-state index is -2.63. The molecule has 0 aliphatic heterocycles. The number of carbonyl (C=O) groups is 3. The number of aliphatic hydroxyl groups excluding tert-OH is 2. The first-order chi connectivity index (χ1) is 18.3. The van der Waals surface area contributed by atoms with Crippen LogP contribution >= 0.6 is 0 Å². The molecule has 6 atom stereocenters. The van der Waals surface area contributed by atoms with E-state index in [-0.39, 0.29) is 22.8 Å². The number of phenolic OH excluding ortho intramolecular Hbond substituents is 1. The first-order valence-corrected chi connectivity index (χ1v) is 14.4. The predicted octanol–water partition coefficient (Wildman–Crippen LogP) is 6.07. The van der Waals surface area contributed by atoms with Gasteiger partial charge in [0.25, 0.3) is 0 Å². The topological polar surface area (TPSA) is 132 Å². The quantitative estimate of drug-likeness (QED) is 0.326. The number of benzene rings is 1. The summed E-state index contributed by atoms with van der Waals surface area (Å²) >= 11 is 0. The number of carbonyl (C=O) groups excluding carboxylic acids is 3. The maximum atomic E-state index is 14.6. The van der Waals surface area contributed by atoms with Gasteiger partial charge in [-0.3, -0.25) is 14.4 Å². The van der Waals surface area contributed by atoms with Crippen LogP contribution < -0.4 is 0 Å². The fourth-order valence-corrected chi connectivity index (χ4v) is 8.67. The Morgan fingerprint density at radius 1 is 1.07 bits per heavy atom. The zero-order valence-corrected chi connectivity index (χ0v) is 25.4. The number of phenols is 1. The third kappa shape index (κ3) is 3.30. The van der Waals surface area contributed by atoms with Crippen molar-refractivity contribution in [3.8, 4) is 5.75 Å². The second kappa shape index (κ2) is 9.04. The number of Topliss-reactive ketones (excluding diaryl/α,β-unsaturated/α-hetero) is 3. The summed E-state index contributed by atoms with van der Waals surface area (Å²) in [5.74, 6) is -6.14. The number of rotatable bonds is 5. The molecule has 4 N–H and O–H groups in total. The van der Waals surface area contributed by atoms with Crippen molar-refractivity contribution in [2.45, 2.75) is 99.0 Å². The summed E-state index contributed by atoms with van der Waals surface area (Å²) in [6.07, 6.45) is 1.67. The lowest BCUT2D eigenvalue weighted by atomic mass is 9.38. The van der Waals surface area contributed by atoms with Crippen LogP contribution in [0, 0.1) is 28.6 Å². The predicted molar refractivity (Wildman–Crippen MR) is 153 cm³/mol. The van der Waals surface area contributed by atoms with Crippen molar-refractivity contribution in [2.75, 3.05) is 0 Å². The molecule has 4 rings (SSSR count). The SMILES string of the molecule is CCCC(C)(C)c1ccc2c(c1O)C(O)=C1C(=O)[C@@]3(O)C(O)=C(C(C)=O)C(=O)C(C(C)C)[C@@]3(C)[C@H](C)[C@@]1(C)[C@@H]2C. The molecule has 0 amide bonds. The van der Waals surface area contributed by atoms with Crippen molar-refractivity contribution < 1.29 is 34.8 Å². The van der Waals surface area contributed by atoms with Crippen LogP contribution in [0.25, 0.3) is 5.76 Å². The van der Waals surface area contributed by atoms with Gasteiger partial charge in [-0.15, -0.1) is 0 Å². The number of aliphatic hydroxyl groups is 3. The molecule has 218 valence electrons. The molecule has 7 heteroatoms. The largest absolute Gasteiger partial charge is 0.508 e. The van der Waals surface area contributed by atoms with Crippen LogP contribution in [0.5, 0.6) is 5.75 Å². The van der Waals surface area contributed by atoms with Crippen LogP contribution in [0.2, 0.25) is 0 Å². The minimum Gasteiger partial charge on any atom is -0.508 e. The average molecular weight is 553 g/mol. The van der Waals surface area contributed by atoms with E-state index in [1.807, 2.05) is 46.8 Å². The molecule has 3 aliphatic rings. The molecule has 1 aromatic rings. The highest BCUT2D eigenvalue weighted by Crippen LogP contribution is 2.70. The normalized spacial score (nSPS) is 34.1. The van der Waals surface area contributed by atoms with Crippen LogP contribution in [-0.4, -0.2) is 43.4 Å². The summed E-state index contributed by atoms with van der Waals surface area (Å²) in [5.41, 5.74) is -4.85. The van der Waals surface area contributed by atoms with Gasteiger partial charge in [0, 0.05) is 27.9 Å². The molecule has 0 bridgehead atoms. The van der Waals surface area contributed by atoms with Gasteiger partial charge in [-0.1, -0.05) is 80.9 Å². The second-order valence-electron chi connectivity index (χ2n) is 13.7. The van der Waals surface area contributed by atoms with E-state index in [0.29, 0.717) is 11.1 Å². The Bertz CT molecular complexity index is 1400. The van der Waals surface area contributed by atoms with Gasteiger partial charge >= 0.3 is 0 Å². The third-order valence-electron chi connectivity index (χ3n) is 11.1. The first-order valence-electron chi connectivity index (χ1n) is 14.4. The van der Waals surface area contributed by atoms with Crippen molar-refractivity contribution in [1.29, 1.82) is 0 Å². The number of hydrogen-bond acceptors (Lipinski definition) is 7. The maximum Gasteiger partial charge on any atom is 0.203 e. The summed E-state index contributed by atoms with van der Waals surface area (Å²) in [7, 11) is 0. The molecule has 0 radical (unpaired) electrons. The summed E-state index contributed by atoms with van der Waals surface area (Å²) in [6, 6.07) is 3.77. The molecule has 40 heavy (non-hydrogen) atoms.